The van der Waals surface area contributed by atoms with Crippen LogP contribution in [-0.2, 0) is 0 Å². The molecule has 0 saturated heterocycles. The second-order valence-electron chi connectivity index (χ2n) is 6.96. The average molecular weight is 394 g/mol. The molecule has 0 N–H and O–H groups in total. The maximum atomic E-state index is 4.85. The molecule has 0 atom stereocenters. The number of pyridine rings is 1. The van der Waals surface area contributed by atoms with E-state index in [9.17, 15) is 0 Å². The van der Waals surface area contributed by atoms with E-state index in [0.717, 1.165) is 33.0 Å². The summed E-state index contributed by atoms with van der Waals surface area (Å²) in [4.78, 5) is 5.93. The van der Waals surface area contributed by atoms with Crippen molar-refractivity contribution in [3.63, 3.8) is 0 Å². The van der Waals surface area contributed by atoms with E-state index in [1.807, 2.05) is 22.9 Å². The second-order valence-corrected chi connectivity index (χ2v) is 7.90. The van der Waals surface area contributed by atoms with Gasteiger partial charge >= 0.3 is 0 Å². The molecule has 0 aliphatic carbocycles. The molecule has 3 aromatic heterocycles. The molecule has 0 spiro atoms. The highest BCUT2D eigenvalue weighted by Gasteiger charge is 2.11. The van der Waals surface area contributed by atoms with Crippen LogP contribution in [0.3, 0.4) is 0 Å². The molecule has 0 bridgehead atoms. The maximum absolute atomic E-state index is 4.85. The van der Waals surface area contributed by atoms with Crippen molar-refractivity contribution in [3.05, 3.63) is 101 Å². The molecule has 0 aliphatic heterocycles. The molecule has 2 aromatic carbocycles. The Hall–Kier alpha value is -3.50. The van der Waals surface area contributed by atoms with Gasteiger partial charge in [-0.25, -0.2) is 9.67 Å². The number of rotatable bonds is 4. The van der Waals surface area contributed by atoms with Crippen molar-refractivity contribution < 1.29 is 0 Å². The van der Waals surface area contributed by atoms with Crippen molar-refractivity contribution in [1.82, 2.24) is 14.8 Å². The van der Waals surface area contributed by atoms with Gasteiger partial charge in [-0.1, -0.05) is 42.0 Å². The van der Waals surface area contributed by atoms with Gasteiger partial charge < -0.3 is 0 Å². The Kier molecular flexibility index (Phi) is 4.54. The summed E-state index contributed by atoms with van der Waals surface area (Å²) in [5.74, 6) is 0. The number of thiophene rings is 1. The summed E-state index contributed by atoms with van der Waals surface area (Å²) in [6, 6.07) is 24.9. The highest BCUT2D eigenvalue weighted by molar-refractivity contribution is 7.13. The Morgan fingerprint density at radius 2 is 1.79 bits per heavy atom. The van der Waals surface area contributed by atoms with Crippen LogP contribution in [0.5, 0.6) is 0 Å². The van der Waals surface area contributed by atoms with Gasteiger partial charge in [0.15, 0.2) is 0 Å². The van der Waals surface area contributed by atoms with Crippen molar-refractivity contribution in [3.8, 4) is 16.3 Å². The minimum Gasteiger partial charge on any atom is -0.248 e. The largest absolute Gasteiger partial charge is 0.248 e. The first-order valence-corrected chi connectivity index (χ1v) is 10.4. The fourth-order valence-corrected chi connectivity index (χ4v) is 4.09. The van der Waals surface area contributed by atoms with Crippen LogP contribution in [-0.4, -0.2) is 14.8 Å². The number of para-hydroxylation sites is 1. The minimum atomic E-state index is 0.936. The third-order valence-electron chi connectivity index (χ3n) is 4.82. The number of aryl methyl sites for hydroxylation is 1. The highest BCUT2D eigenvalue weighted by Crippen LogP contribution is 2.29. The maximum Gasteiger partial charge on any atom is 0.110 e. The fourth-order valence-electron chi connectivity index (χ4n) is 3.36. The lowest BCUT2D eigenvalue weighted by atomic mass is 10.1. The number of hydrogen-bond donors (Lipinski definition) is 0. The zero-order valence-electron chi connectivity index (χ0n) is 16.0. The highest BCUT2D eigenvalue weighted by atomic mass is 32.1. The van der Waals surface area contributed by atoms with E-state index in [1.165, 1.54) is 10.9 Å². The molecule has 0 amide bonds. The standard InChI is InChI=1S/C25H19N3S/c1-18-9-14-23-19(16-18)10-12-21(26-23)13-11-20-17-28(22-6-3-2-4-7-22)27-25(20)24-8-5-15-29-24/h2-17H,1H3/b13-11+. The number of fused-ring (bicyclic) bond motifs is 1. The van der Waals surface area contributed by atoms with Crippen LogP contribution in [0, 0.1) is 6.92 Å². The van der Waals surface area contributed by atoms with Gasteiger partial charge in [0.1, 0.15) is 5.69 Å². The van der Waals surface area contributed by atoms with E-state index in [4.69, 9.17) is 10.1 Å². The summed E-state index contributed by atoms with van der Waals surface area (Å²) < 4.78 is 1.94. The van der Waals surface area contributed by atoms with E-state index < -0.39 is 0 Å². The van der Waals surface area contributed by atoms with Gasteiger partial charge in [-0.05, 0) is 60.9 Å². The van der Waals surface area contributed by atoms with Gasteiger partial charge in [0.25, 0.3) is 0 Å². The van der Waals surface area contributed by atoms with Crippen LogP contribution in [0.15, 0.2) is 84.4 Å². The lowest BCUT2D eigenvalue weighted by Crippen LogP contribution is -1.93. The Morgan fingerprint density at radius 3 is 2.62 bits per heavy atom. The third kappa shape index (κ3) is 3.62. The van der Waals surface area contributed by atoms with Gasteiger partial charge in [0.05, 0.1) is 21.8 Å². The van der Waals surface area contributed by atoms with Crippen molar-refractivity contribution in [2.24, 2.45) is 0 Å². The van der Waals surface area contributed by atoms with Gasteiger partial charge in [0, 0.05) is 17.1 Å². The van der Waals surface area contributed by atoms with Crippen LogP contribution < -0.4 is 0 Å². The average Bonchev–Trinajstić information content (AvgIpc) is 3.42. The number of benzene rings is 2. The summed E-state index contributed by atoms with van der Waals surface area (Å²) in [5.41, 5.74) is 6.29. The van der Waals surface area contributed by atoms with E-state index >= 15 is 0 Å². The molecule has 3 nitrogen and oxygen atoms in total. The van der Waals surface area contributed by atoms with Crippen molar-refractivity contribution in [2.45, 2.75) is 6.92 Å². The molecule has 0 saturated carbocycles. The van der Waals surface area contributed by atoms with Crippen LogP contribution in [0.1, 0.15) is 16.8 Å². The first kappa shape index (κ1) is 17.6. The Bertz CT molecular complexity index is 1300. The Morgan fingerprint density at radius 1 is 0.897 bits per heavy atom. The molecule has 4 heteroatoms. The molecule has 0 radical (unpaired) electrons. The van der Waals surface area contributed by atoms with Crippen molar-refractivity contribution >= 4 is 34.4 Å². The first-order chi connectivity index (χ1) is 14.3. The van der Waals surface area contributed by atoms with Crippen molar-refractivity contribution in [1.29, 1.82) is 0 Å². The summed E-state index contributed by atoms with van der Waals surface area (Å²) in [7, 11) is 0. The molecule has 0 aliphatic rings. The molecule has 5 rings (SSSR count). The SMILES string of the molecule is Cc1ccc2nc(/C=C/c3cn(-c4ccccc4)nc3-c3cccs3)ccc2c1. The lowest BCUT2D eigenvalue weighted by Gasteiger charge is -2.00. The molecule has 140 valence electrons. The zero-order chi connectivity index (χ0) is 19.6. The van der Waals surface area contributed by atoms with Gasteiger partial charge in [-0.2, -0.15) is 5.10 Å². The van der Waals surface area contributed by atoms with E-state index in [2.05, 4.69) is 85.2 Å². The summed E-state index contributed by atoms with van der Waals surface area (Å²) in [5, 5.41) is 8.10. The summed E-state index contributed by atoms with van der Waals surface area (Å²) in [6.07, 6.45) is 6.23. The number of aromatic nitrogens is 3. The van der Waals surface area contributed by atoms with E-state index in [0.29, 0.717) is 0 Å². The smallest absolute Gasteiger partial charge is 0.110 e. The number of nitrogens with zero attached hydrogens (tertiary/aromatic N) is 3. The van der Waals surface area contributed by atoms with Crippen molar-refractivity contribution in [2.75, 3.05) is 0 Å². The van der Waals surface area contributed by atoms with Crippen LogP contribution >= 0.6 is 11.3 Å². The molecular formula is C25H19N3S. The lowest BCUT2D eigenvalue weighted by molar-refractivity contribution is 0.885. The van der Waals surface area contributed by atoms with Crippen LogP contribution in [0.25, 0.3) is 39.3 Å². The topological polar surface area (TPSA) is 30.7 Å². The quantitative estimate of drug-likeness (QED) is 0.343. The predicted molar refractivity (Wildman–Crippen MR) is 122 cm³/mol. The second kappa shape index (κ2) is 7.49. The summed E-state index contributed by atoms with van der Waals surface area (Å²) in [6.45, 7) is 2.10. The molecule has 0 unspecified atom stereocenters. The fraction of sp³-hybridized carbons (Fsp3) is 0.0400. The molecular weight excluding hydrogens is 374 g/mol. The zero-order valence-corrected chi connectivity index (χ0v) is 16.8. The first-order valence-electron chi connectivity index (χ1n) is 9.51. The minimum absolute atomic E-state index is 0.936. The van der Waals surface area contributed by atoms with E-state index in [-0.39, 0.29) is 0 Å². The number of hydrogen-bond acceptors (Lipinski definition) is 3. The normalized spacial score (nSPS) is 11.5. The monoisotopic (exact) mass is 393 g/mol. The van der Waals surface area contributed by atoms with Crippen LogP contribution in [0.2, 0.25) is 0 Å². The van der Waals surface area contributed by atoms with Gasteiger partial charge in [-0.15, -0.1) is 11.3 Å². The van der Waals surface area contributed by atoms with Gasteiger partial charge in [0.2, 0.25) is 0 Å². The molecule has 3 heterocycles. The van der Waals surface area contributed by atoms with Crippen LogP contribution in [0.4, 0.5) is 0 Å². The third-order valence-corrected chi connectivity index (χ3v) is 5.69. The summed E-state index contributed by atoms with van der Waals surface area (Å²) >= 11 is 1.70. The molecule has 0 fully saturated rings. The Labute approximate surface area is 173 Å². The van der Waals surface area contributed by atoms with E-state index in [1.54, 1.807) is 11.3 Å². The molecule has 29 heavy (non-hydrogen) atoms. The Balaban J connectivity index is 1.54. The predicted octanol–water partition coefficient (Wildman–Crippen LogP) is 6.63. The molecule has 5 aromatic rings. The van der Waals surface area contributed by atoms with Gasteiger partial charge in [-0.3, -0.25) is 0 Å².